The van der Waals surface area contributed by atoms with E-state index < -0.39 is 0 Å². The van der Waals surface area contributed by atoms with Crippen molar-refractivity contribution in [2.45, 2.75) is 32.9 Å². The maximum Gasteiger partial charge on any atom is 0.248 e. The summed E-state index contributed by atoms with van der Waals surface area (Å²) in [4.78, 5) is 13.0. The molecule has 0 aromatic rings. The Kier molecular flexibility index (Phi) is 2.23. The molecule has 0 radical (unpaired) electrons. The highest BCUT2D eigenvalue weighted by molar-refractivity contribution is 6.32. The molecular formula is C8H12ClNO. The molecule has 0 aliphatic carbocycles. The van der Waals surface area contributed by atoms with Crippen LogP contribution in [0.2, 0.25) is 0 Å². The normalized spacial score (nSPS) is 24.8. The molecule has 0 aromatic carbocycles. The van der Waals surface area contributed by atoms with Gasteiger partial charge in [0.15, 0.2) is 0 Å². The van der Waals surface area contributed by atoms with Crippen molar-refractivity contribution < 1.29 is 4.79 Å². The van der Waals surface area contributed by atoms with E-state index in [2.05, 4.69) is 0 Å². The van der Waals surface area contributed by atoms with Gasteiger partial charge in [-0.15, -0.1) is 0 Å². The van der Waals surface area contributed by atoms with Crippen molar-refractivity contribution in [3.63, 3.8) is 0 Å². The third-order valence-corrected chi connectivity index (χ3v) is 2.31. The third-order valence-electron chi connectivity index (χ3n) is 1.89. The van der Waals surface area contributed by atoms with E-state index in [1.165, 1.54) is 6.08 Å². The van der Waals surface area contributed by atoms with Gasteiger partial charge in [-0.2, -0.15) is 0 Å². The molecule has 1 aliphatic rings. The van der Waals surface area contributed by atoms with Crippen LogP contribution in [0.15, 0.2) is 11.1 Å². The largest absolute Gasteiger partial charge is 0.329 e. The lowest BCUT2D eigenvalue weighted by molar-refractivity contribution is -0.127. The van der Waals surface area contributed by atoms with Gasteiger partial charge in [0.05, 0.1) is 6.04 Å². The Morgan fingerprint density at radius 2 is 2.18 bits per heavy atom. The van der Waals surface area contributed by atoms with Crippen molar-refractivity contribution in [3.05, 3.63) is 11.1 Å². The predicted octanol–water partition coefficient (Wildman–Crippen LogP) is 1.75. The van der Waals surface area contributed by atoms with Crippen LogP contribution in [0.3, 0.4) is 0 Å². The molecular weight excluding hydrogens is 162 g/mol. The molecule has 0 aromatic heterocycles. The monoisotopic (exact) mass is 173 g/mol. The van der Waals surface area contributed by atoms with E-state index >= 15 is 0 Å². The second-order valence-corrected chi connectivity index (χ2v) is 3.48. The van der Waals surface area contributed by atoms with E-state index in [9.17, 15) is 4.79 Å². The summed E-state index contributed by atoms with van der Waals surface area (Å²) in [6.07, 6.45) is 1.49. The Balaban J connectivity index is 2.80. The smallest absolute Gasteiger partial charge is 0.248 e. The van der Waals surface area contributed by atoms with E-state index in [0.717, 1.165) is 0 Å². The van der Waals surface area contributed by atoms with Crippen LogP contribution in [0, 0.1) is 0 Å². The molecule has 0 saturated heterocycles. The second kappa shape index (κ2) is 2.86. The van der Waals surface area contributed by atoms with Gasteiger partial charge in [-0.05, 0) is 20.8 Å². The van der Waals surface area contributed by atoms with Crippen LogP contribution in [-0.2, 0) is 4.79 Å². The molecule has 11 heavy (non-hydrogen) atoms. The molecule has 62 valence electrons. The quantitative estimate of drug-likeness (QED) is 0.592. The van der Waals surface area contributed by atoms with E-state index in [4.69, 9.17) is 11.6 Å². The number of nitrogens with zero attached hydrogens (tertiary/aromatic N) is 1. The average molecular weight is 174 g/mol. The number of hydrogen-bond acceptors (Lipinski definition) is 1. The minimum Gasteiger partial charge on any atom is -0.329 e. The van der Waals surface area contributed by atoms with E-state index in [1.54, 1.807) is 4.90 Å². The zero-order valence-corrected chi connectivity index (χ0v) is 7.72. The lowest BCUT2D eigenvalue weighted by Gasteiger charge is -2.26. The zero-order chi connectivity index (χ0) is 8.59. The summed E-state index contributed by atoms with van der Waals surface area (Å²) >= 11 is 5.79. The third kappa shape index (κ3) is 1.41. The molecule has 1 aliphatic heterocycles. The van der Waals surface area contributed by atoms with Gasteiger partial charge in [0, 0.05) is 17.2 Å². The minimum atomic E-state index is 0.0255. The maximum atomic E-state index is 11.2. The van der Waals surface area contributed by atoms with Crippen molar-refractivity contribution in [3.8, 4) is 0 Å². The zero-order valence-electron chi connectivity index (χ0n) is 6.97. The van der Waals surface area contributed by atoms with Crippen molar-refractivity contribution >= 4 is 17.5 Å². The molecule has 1 amide bonds. The first kappa shape index (κ1) is 8.60. The second-order valence-electron chi connectivity index (χ2n) is 3.04. The summed E-state index contributed by atoms with van der Waals surface area (Å²) in [6, 6.07) is 0.286. The topological polar surface area (TPSA) is 20.3 Å². The first-order chi connectivity index (χ1) is 5.04. The molecule has 1 unspecified atom stereocenters. The lowest BCUT2D eigenvalue weighted by atomic mass is 10.2. The summed E-state index contributed by atoms with van der Waals surface area (Å²) in [6.45, 7) is 5.90. The van der Waals surface area contributed by atoms with Crippen molar-refractivity contribution in [1.29, 1.82) is 0 Å². The summed E-state index contributed by atoms with van der Waals surface area (Å²) in [7, 11) is 0. The highest BCUT2D eigenvalue weighted by Gasteiger charge is 2.29. The fourth-order valence-corrected chi connectivity index (χ4v) is 1.54. The lowest BCUT2D eigenvalue weighted by Crippen LogP contribution is -2.38. The van der Waals surface area contributed by atoms with Gasteiger partial charge in [-0.25, -0.2) is 0 Å². The first-order valence-corrected chi connectivity index (χ1v) is 4.11. The maximum absolute atomic E-state index is 11.2. The van der Waals surface area contributed by atoms with Gasteiger partial charge in [0.1, 0.15) is 0 Å². The van der Waals surface area contributed by atoms with Crippen molar-refractivity contribution in [1.82, 2.24) is 4.90 Å². The van der Waals surface area contributed by atoms with Gasteiger partial charge in [0.25, 0.3) is 0 Å². The molecule has 0 spiro atoms. The Labute approximate surface area is 71.8 Å². The number of hydrogen-bond donors (Lipinski definition) is 0. The van der Waals surface area contributed by atoms with Gasteiger partial charge < -0.3 is 4.90 Å². The van der Waals surface area contributed by atoms with E-state index in [1.807, 2.05) is 20.8 Å². The summed E-state index contributed by atoms with van der Waals surface area (Å²) in [5, 5.41) is 0.642. The first-order valence-electron chi connectivity index (χ1n) is 3.73. The van der Waals surface area contributed by atoms with Gasteiger partial charge in [0.2, 0.25) is 5.91 Å². The van der Waals surface area contributed by atoms with Crippen LogP contribution in [0.4, 0.5) is 0 Å². The number of amides is 1. The Morgan fingerprint density at radius 3 is 2.36 bits per heavy atom. The van der Waals surface area contributed by atoms with Crippen molar-refractivity contribution in [2.24, 2.45) is 0 Å². The molecule has 0 bridgehead atoms. The SMILES string of the molecule is CC(C)N1C(=O)C=C(Cl)C1C. The van der Waals surface area contributed by atoms with Gasteiger partial charge in [-0.1, -0.05) is 11.6 Å². The molecule has 1 rings (SSSR count). The fourth-order valence-electron chi connectivity index (χ4n) is 1.34. The van der Waals surface area contributed by atoms with Crippen LogP contribution in [-0.4, -0.2) is 22.9 Å². The molecule has 0 fully saturated rings. The highest BCUT2D eigenvalue weighted by Crippen LogP contribution is 2.23. The molecule has 2 nitrogen and oxygen atoms in total. The van der Waals surface area contributed by atoms with E-state index in [-0.39, 0.29) is 18.0 Å². The van der Waals surface area contributed by atoms with Crippen LogP contribution in [0.1, 0.15) is 20.8 Å². The Hall–Kier alpha value is -0.500. The molecule has 0 saturated carbocycles. The highest BCUT2D eigenvalue weighted by atomic mass is 35.5. The molecule has 3 heteroatoms. The molecule has 1 heterocycles. The summed E-state index contributed by atoms with van der Waals surface area (Å²) < 4.78 is 0. The minimum absolute atomic E-state index is 0.0255. The number of carbonyl (C=O) groups excluding carboxylic acids is 1. The summed E-state index contributed by atoms with van der Waals surface area (Å²) in [5.41, 5.74) is 0. The van der Waals surface area contributed by atoms with Gasteiger partial charge in [-0.3, -0.25) is 4.79 Å². The van der Waals surface area contributed by atoms with Gasteiger partial charge >= 0.3 is 0 Å². The van der Waals surface area contributed by atoms with Crippen LogP contribution in [0.5, 0.6) is 0 Å². The standard InChI is InChI=1S/C8H12ClNO/c1-5(2)10-6(3)7(9)4-8(10)11/h4-6H,1-3H3. The number of halogens is 1. The Bertz CT molecular complexity index is 210. The Morgan fingerprint density at radius 1 is 1.64 bits per heavy atom. The predicted molar refractivity (Wildman–Crippen MR) is 45.4 cm³/mol. The fraction of sp³-hybridized carbons (Fsp3) is 0.625. The molecule has 0 N–H and O–H groups in total. The molecule has 1 atom stereocenters. The van der Waals surface area contributed by atoms with Crippen LogP contribution < -0.4 is 0 Å². The summed E-state index contributed by atoms with van der Waals surface area (Å²) in [5.74, 6) is 0.0255. The number of carbonyl (C=O) groups is 1. The van der Waals surface area contributed by atoms with Crippen LogP contribution >= 0.6 is 11.6 Å². The van der Waals surface area contributed by atoms with E-state index in [0.29, 0.717) is 5.03 Å². The average Bonchev–Trinajstić information content (AvgIpc) is 2.07. The number of rotatable bonds is 1. The van der Waals surface area contributed by atoms with Crippen LogP contribution in [0.25, 0.3) is 0 Å². The van der Waals surface area contributed by atoms with Crippen molar-refractivity contribution in [2.75, 3.05) is 0 Å².